The smallest absolute Gasteiger partial charge is 0.336 e. The fraction of sp³-hybridized carbons (Fsp3) is 0.562. The lowest BCUT2D eigenvalue weighted by Gasteiger charge is -2.37. The van der Waals surface area contributed by atoms with Gasteiger partial charge in [-0.3, -0.25) is 0 Å². The van der Waals surface area contributed by atoms with Crippen molar-refractivity contribution in [1.29, 1.82) is 0 Å². The van der Waals surface area contributed by atoms with Crippen molar-refractivity contribution in [1.82, 2.24) is 0 Å². The molecule has 4 nitrogen and oxygen atoms in total. The number of carbonyl (C=O) groups is 1. The number of rotatable bonds is 5. The van der Waals surface area contributed by atoms with Gasteiger partial charge in [0.15, 0.2) is 0 Å². The van der Waals surface area contributed by atoms with E-state index in [0.717, 1.165) is 0 Å². The first-order valence-corrected chi connectivity index (χ1v) is 11.2. The predicted molar refractivity (Wildman–Crippen MR) is 95.1 cm³/mol. The first kappa shape index (κ1) is 19.0. The van der Waals surface area contributed by atoms with E-state index in [-0.39, 0.29) is 10.6 Å². The Morgan fingerprint density at radius 3 is 2.23 bits per heavy atom. The van der Waals surface area contributed by atoms with Crippen LogP contribution in [-0.2, 0) is 5.33 Å². The molecule has 124 valence electrons. The molecule has 0 spiro atoms. The molecule has 0 atom stereocenters. The second-order valence-corrected chi connectivity index (χ2v) is 12.1. The molecule has 0 unspecified atom stereocenters. The Morgan fingerprint density at radius 1 is 1.32 bits per heavy atom. The standard InChI is InChI=1S/C16H25BrO4Si/c1-10-12(20-5)8-13(11(9-17)14(10)15(18)19)21-22(6,7)16(2,3)4/h8H,9H2,1-7H3,(H,18,19). The van der Waals surface area contributed by atoms with E-state index in [1.54, 1.807) is 13.0 Å². The van der Waals surface area contributed by atoms with Crippen LogP contribution in [0, 0.1) is 6.92 Å². The molecule has 22 heavy (non-hydrogen) atoms. The van der Waals surface area contributed by atoms with Gasteiger partial charge >= 0.3 is 5.97 Å². The van der Waals surface area contributed by atoms with Gasteiger partial charge in [-0.2, -0.15) is 0 Å². The van der Waals surface area contributed by atoms with E-state index in [4.69, 9.17) is 9.16 Å². The maximum Gasteiger partial charge on any atom is 0.336 e. The van der Waals surface area contributed by atoms with Gasteiger partial charge in [-0.1, -0.05) is 36.7 Å². The van der Waals surface area contributed by atoms with E-state index in [9.17, 15) is 9.90 Å². The zero-order valence-corrected chi connectivity index (χ0v) is 16.9. The summed E-state index contributed by atoms with van der Waals surface area (Å²) in [5, 5.41) is 10.0. The van der Waals surface area contributed by atoms with E-state index in [2.05, 4.69) is 49.8 Å². The third-order valence-electron chi connectivity index (χ3n) is 4.34. The van der Waals surface area contributed by atoms with Gasteiger partial charge in [0.2, 0.25) is 8.32 Å². The molecular weight excluding hydrogens is 364 g/mol. The number of hydrogen-bond acceptors (Lipinski definition) is 3. The minimum absolute atomic E-state index is 0.0259. The van der Waals surface area contributed by atoms with Crippen molar-refractivity contribution in [2.24, 2.45) is 0 Å². The van der Waals surface area contributed by atoms with Gasteiger partial charge in [0, 0.05) is 22.5 Å². The van der Waals surface area contributed by atoms with Gasteiger partial charge in [0.05, 0.1) is 12.7 Å². The summed E-state index contributed by atoms with van der Waals surface area (Å²) in [6.07, 6.45) is 0. The highest BCUT2D eigenvalue weighted by atomic mass is 79.9. The third-order valence-corrected chi connectivity index (χ3v) is 9.25. The van der Waals surface area contributed by atoms with Crippen LogP contribution in [-0.4, -0.2) is 26.5 Å². The number of benzene rings is 1. The van der Waals surface area contributed by atoms with Crippen LogP contribution in [0.3, 0.4) is 0 Å². The second-order valence-electron chi connectivity index (χ2n) is 6.86. The fourth-order valence-corrected chi connectivity index (χ4v) is 3.54. The molecule has 0 saturated heterocycles. The van der Waals surface area contributed by atoms with Crippen molar-refractivity contribution in [2.75, 3.05) is 7.11 Å². The molecule has 0 amide bonds. The molecule has 0 saturated carbocycles. The van der Waals surface area contributed by atoms with E-state index < -0.39 is 14.3 Å². The summed E-state index contributed by atoms with van der Waals surface area (Å²) in [6.45, 7) is 12.5. The van der Waals surface area contributed by atoms with Crippen LogP contribution in [0.1, 0.15) is 42.3 Å². The van der Waals surface area contributed by atoms with Crippen molar-refractivity contribution in [2.45, 2.75) is 51.2 Å². The Hall–Kier alpha value is -1.01. The van der Waals surface area contributed by atoms with Gasteiger partial charge in [-0.15, -0.1) is 0 Å². The number of ether oxygens (including phenoxy) is 1. The summed E-state index contributed by atoms with van der Waals surface area (Å²) in [4.78, 5) is 11.7. The zero-order chi connectivity index (χ0) is 17.3. The van der Waals surface area contributed by atoms with Crippen LogP contribution in [0.4, 0.5) is 0 Å². The molecule has 1 rings (SSSR count). The number of carboxylic acid groups (broad SMARTS) is 1. The van der Waals surface area contributed by atoms with Gasteiger partial charge in [0.1, 0.15) is 11.5 Å². The Morgan fingerprint density at radius 2 is 1.86 bits per heavy atom. The topological polar surface area (TPSA) is 55.8 Å². The number of carboxylic acids is 1. The van der Waals surface area contributed by atoms with Crippen molar-refractivity contribution in [3.8, 4) is 11.5 Å². The molecule has 0 fully saturated rings. The van der Waals surface area contributed by atoms with Crippen LogP contribution in [0.25, 0.3) is 0 Å². The zero-order valence-electron chi connectivity index (χ0n) is 14.3. The number of aromatic carboxylic acids is 1. The molecule has 6 heteroatoms. The number of alkyl halides is 1. The summed E-state index contributed by atoms with van der Waals surface area (Å²) in [5.74, 6) is 0.171. The van der Waals surface area contributed by atoms with E-state index in [1.165, 1.54) is 7.11 Å². The summed E-state index contributed by atoms with van der Waals surface area (Å²) in [7, 11) is -0.534. The lowest BCUT2D eigenvalue weighted by molar-refractivity contribution is 0.0694. The van der Waals surface area contributed by atoms with E-state index in [1.807, 2.05) is 0 Å². The highest BCUT2D eigenvalue weighted by Gasteiger charge is 2.40. The third kappa shape index (κ3) is 3.66. The Labute approximate surface area is 142 Å². The molecule has 0 heterocycles. The molecular formula is C16H25BrO4Si. The first-order valence-electron chi connectivity index (χ1n) is 7.15. The Kier molecular flexibility index (Phi) is 5.73. The van der Waals surface area contributed by atoms with Gasteiger partial charge in [-0.05, 0) is 25.1 Å². The summed E-state index contributed by atoms with van der Waals surface area (Å²) >= 11 is 3.40. The molecule has 1 N–H and O–H groups in total. The summed E-state index contributed by atoms with van der Waals surface area (Å²) in [6, 6.07) is 1.80. The van der Waals surface area contributed by atoms with Gasteiger partial charge < -0.3 is 14.3 Å². The molecule has 0 aliphatic heterocycles. The number of halogens is 1. The van der Waals surface area contributed by atoms with Crippen LogP contribution < -0.4 is 9.16 Å². The molecule has 0 radical (unpaired) electrons. The highest BCUT2D eigenvalue weighted by Crippen LogP contribution is 2.41. The largest absolute Gasteiger partial charge is 0.543 e. The quantitative estimate of drug-likeness (QED) is 0.570. The SMILES string of the molecule is COc1cc(O[Si](C)(C)C(C)(C)C)c(CBr)c(C(=O)O)c1C. The maximum absolute atomic E-state index is 11.7. The Bertz CT molecular complexity index is 576. The molecule has 1 aromatic rings. The van der Waals surface area contributed by atoms with Crippen LogP contribution in [0.2, 0.25) is 18.1 Å². The predicted octanol–water partition coefficient (Wildman–Crippen LogP) is 4.98. The van der Waals surface area contributed by atoms with Gasteiger partial charge in [-0.25, -0.2) is 4.79 Å². The average molecular weight is 389 g/mol. The maximum atomic E-state index is 11.7. The number of methoxy groups -OCH3 is 1. The van der Waals surface area contributed by atoms with Crippen LogP contribution in [0.5, 0.6) is 11.5 Å². The molecule has 0 aromatic heterocycles. The fourth-order valence-electron chi connectivity index (χ4n) is 1.94. The molecule has 0 aliphatic rings. The van der Waals surface area contributed by atoms with Crippen LogP contribution >= 0.6 is 15.9 Å². The number of hydrogen-bond donors (Lipinski definition) is 1. The van der Waals surface area contributed by atoms with Crippen LogP contribution in [0.15, 0.2) is 6.07 Å². The van der Waals surface area contributed by atoms with Gasteiger partial charge in [0.25, 0.3) is 0 Å². The van der Waals surface area contributed by atoms with Crippen molar-refractivity contribution in [3.05, 3.63) is 22.8 Å². The first-order chi connectivity index (χ1) is 9.96. The van der Waals surface area contributed by atoms with Crippen molar-refractivity contribution >= 4 is 30.2 Å². The average Bonchev–Trinajstić information content (AvgIpc) is 2.37. The van der Waals surface area contributed by atoms with E-state index >= 15 is 0 Å². The van der Waals surface area contributed by atoms with Crippen molar-refractivity contribution < 1.29 is 19.1 Å². The summed E-state index contributed by atoms with van der Waals surface area (Å²) < 4.78 is 11.7. The summed E-state index contributed by atoms with van der Waals surface area (Å²) in [5.41, 5.74) is 1.53. The highest BCUT2D eigenvalue weighted by molar-refractivity contribution is 9.08. The Balaban J connectivity index is 3.54. The van der Waals surface area contributed by atoms with E-state index in [0.29, 0.717) is 28.0 Å². The lowest BCUT2D eigenvalue weighted by Crippen LogP contribution is -2.44. The minimum atomic E-state index is -2.07. The monoisotopic (exact) mass is 388 g/mol. The second kappa shape index (κ2) is 6.62. The normalized spacial score (nSPS) is 12.2. The molecule has 0 bridgehead atoms. The lowest BCUT2D eigenvalue weighted by atomic mass is 10.0. The molecule has 0 aliphatic carbocycles. The minimum Gasteiger partial charge on any atom is -0.543 e. The molecule has 1 aromatic carbocycles. The van der Waals surface area contributed by atoms with Crippen molar-refractivity contribution in [3.63, 3.8) is 0 Å².